The summed E-state index contributed by atoms with van der Waals surface area (Å²) in [5.74, 6) is 0.0333. The van der Waals surface area contributed by atoms with Gasteiger partial charge in [0.1, 0.15) is 5.78 Å². The van der Waals surface area contributed by atoms with Gasteiger partial charge in [-0.3, -0.25) is 9.59 Å². The molecule has 0 spiro atoms. The first kappa shape index (κ1) is 14.5. The van der Waals surface area contributed by atoms with Crippen molar-refractivity contribution in [3.8, 4) is 0 Å². The highest BCUT2D eigenvalue weighted by molar-refractivity contribution is 8.01. The lowest BCUT2D eigenvalue weighted by atomic mass is 10.2. The standard InChI is InChI=1S/C11H21NO2S/c1-7(2)12-11(14)10(6-9(5)13)15-8(3)4/h7-8,10H,6H2,1-5H3,(H,12,14). The summed E-state index contributed by atoms with van der Waals surface area (Å²) in [5.41, 5.74) is 0. The zero-order valence-corrected chi connectivity index (χ0v) is 11.0. The van der Waals surface area contributed by atoms with Crippen LogP contribution in [0.3, 0.4) is 0 Å². The van der Waals surface area contributed by atoms with Crippen molar-refractivity contribution >= 4 is 23.5 Å². The van der Waals surface area contributed by atoms with Crippen LogP contribution >= 0.6 is 11.8 Å². The summed E-state index contributed by atoms with van der Waals surface area (Å²) in [6.07, 6.45) is 0.321. The van der Waals surface area contributed by atoms with E-state index in [-0.39, 0.29) is 23.0 Å². The SMILES string of the molecule is CC(=O)CC(SC(C)C)C(=O)NC(C)C. The third kappa shape index (κ3) is 7.42. The van der Waals surface area contributed by atoms with Crippen molar-refractivity contribution < 1.29 is 9.59 Å². The summed E-state index contributed by atoms with van der Waals surface area (Å²) in [5, 5.41) is 2.95. The monoisotopic (exact) mass is 231 g/mol. The van der Waals surface area contributed by atoms with Crippen LogP contribution in [-0.2, 0) is 9.59 Å². The van der Waals surface area contributed by atoms with Crippen LogP contribution in [0.4, 0.5) is 0 Å². The highest BCUT2D eigenvalue weighted by Crippen LogP contribution is 2.20. The Balaban J connectivity index is 4.33. The van der Waals surface area contributed by atoms with Gasteiger partial charge in [-0.1, -0.05) is 13.8 Å². The van der Waals surface area contributed by atoms with Crippen LogP contribution < -0.4 is 5.32 Å². The van der Waals surface area contributed by atoms with Crippen molar-refractivity contribution in [2.45, 2.75) is 57.6 Å². The van der Waals surface area contributed by atoms with Gasteiger partial charge in [-0.25, -0.2) is 0 Å². The van der Waals surface area contributed by atoms with E-state index in [2.05, 4.69) is 5.32 Å². The van der Waals surface area contributed by atoms with Crippen LogP contribution in [0.2, 0.25) is 0 Å². The minimum absolute atomic E-state index is 0.0288. The van der Waals surface area contributed by atoms with Crippen molar-refractivity contribution in [3.63, 3.8) is 0 Å². The van der Waals surface area contributed by atoms with E-state index >= 15 is 0 Å². The smallest absolute Gasteiger partial charge is 0.233 e. The molecular formula is C11H21NO2S. The number of nitrogens with one attached hydrogen (secondary N) is 1. The molecule has 15 heavy (non-hydrogen) atoms. The number of thioether (sulfide) groups is 1. The largest absolute Gasteiger partial charge is 0.353 e. The first-order chi connectivity index (χ1) is 6.82. The summed E-state index contributed by atoms with van der Waals surface area (Å²) in [6.45, 7) is 9.42. The molecule has 0 aromatic carbocycles. The van der Waals surface area contributed by atoms with Gasteiger partial charge in [0.15, 0.2) is 0 Å². The van der Waals surface area contributed by atoms with E-state index in [1.54, 1.807) is 11.8 Å². The van der Waals surface area contributed by atoms with E-state index < -0.39 is 0 Å². The Labute approximate surface area is 96.4 Å². The van der Waals surface area contributed by atoms with Crippen molar-refractivity contribution in [1.29, 1.82) is 0 Å². The number of rotatable bonds is 6. The molecule has 0 aromatic rings. The first-order valence-electron chi connectivity index (χ1n) is 5.28. The zero-order chi connectivity index (χ0) is 12.0. The number of hydrogen-bond donors (Lipinski definition) is 1. The Morgan fingerprint density at radius 2 is 1.73 bits per heavy atom. The van der Waals surface area contributed by atoms with Gasteiger partial charge >= 0.3 is 0 Å². The Morgan fingerprint density at radius 1 is 1.20 bits per heavy atom. The molecule has 0 bridgehead atoms. The molecule has 0 fully saturated rings. The van der Waals surface area contributed by atoms with Gasteiger partial charge in [-0.15, -0.1) is 11.8 Å². The molecule has 0 saturated heterocycles. The van der Waals surface area contributed by atoms with Crippen molar-refractivity contribution in [2.75, 3.05) is 0 Å². The van der Waals surface area contributed by atoms with Gasteiger partial charge in [-0.2, -0.15) is 0 Å². The summed E-state index contributed by atoms with van der Waals surface area (Å²) >= 11 is 1.55. The average Bonchev–Trinajstić information content (AvgIpc) is 1.99. The quantitative estimate of drug-likeness (QED) is 0.760. The molecule has 0 aromatic heterocycles. The van der Waals surface area contributed by atoms with Crippen molar-refractivity contribution in [3.05, 3.63) is 0 Å². The lowest BCUT2D eigenvalue weighted by molar-refractivity contribution is -0.124. The number of hydrogen-bond acceptors (Lipinski definition) is 3. The van der Waals surface area contributed by atoms with E-state index in [4.69, 9.17) is 0 Å². The van der Waals surface area contributed by atoms with Crippen LogP contribution in [0.1, 0.15) is 41.0 Å². The highest BCUT2D eigenvalue weighted by atomic mass is 32.2. The second-order valence-corrected chi connectivity index (χ2v) is 6.03. The van der Waals surface area contributed by atoms with Crippen LogP contribution in [0.15, 0.2) is 0 Å². The fourth-order valence-corrected chi connectivity index (χ4v) is 2.35. The molecule has 0 radical (unpaired) electrons. The Hall–Kier alpha value is -0.510. The number of carbonyl (C=O) groups excluding carboxylic acids is 2. The predicted molar refractivity (Wildman–Crippen MR) is 65.1 cm³/mol. The molecule has 0 saturated carbocycles. The minimum Gasteiger partial charge on any atom is -0.353 e. The molecule has 1 atom stereocenters. The van der Waals surface area contributed by atoms with Gasteiger partial charge in [-0.05, 0) is 26.0 Å². The van der Waals surface area contributed by atoms with E-state index in [0.717, 1.165) is 0 Å². The summed E-state index contributed by atoms with van der Waals surface area (Å²) in [7, 11) is 0. The molecule has 1 unspecified atom stereocenters. The van der Waals surface area contributed by atoms with Crippen LogP contribution in [0, 0.1) is 0 Å². The molecule has 88 valence electrons. The molecular weight excluding hydrogens is 210 g/mol. The fourth-order valence-electron chi connectivity index (χ4n) is 1.17. The second kappa shape index (κ2) is 6.88. The molecule has 1 N–H and O–H groups in total. The fraction of sp³-hybridized carbons (Fsp3) is 0.818. The van der Waals surface area contributed by atoms with Gasteiger partial charge in [0, 0.05) is 12.5 Å². The maximum atomic E-state index is 11.7. The topological polar surface area (TPSA) is 46.2 Å². The van der Waals surface area contributed by atoms with Gasteiger partial charge in [0.25, 0.3) is 0 Å². The Kier molecular flexibility index (Phi) is 6.65. The highest BCUT2D eigenvalue weighted by Gasteiger charge is 2.22. The summed E-state index contributed by atoms with van der Waals surface area (Å²) in [6, 6.07) is 0.125. The lowest BCUT2D eigenvalue weighted by Gasteiger charge is -2.18. The predicted octanol–water partition coefficient (Wildman–Crippen LogP) is 2.00. The van der Waals surface area contributed by atoms with E-state index in [0.29, 0.717) is 11.7 Å². The van der Waals surface area contributed by atoms with Crippen LogP contribution in [0.25, 0.3) is 0 Å². The van der Waals surface area contributed by atoms with E-state index in [9.17, 15) is 9.59 Å². The first-order valence-corrected chi connectivity index (χ1v) is 6.22. The van der Waals surface area contributed by atoms with Crippen molar-refractivity contribution in [1.82, 2.24) is 5.32 Å². The van der Waals surface area contributed by atoms with Crippen molar-refractivity contribution in [2.24, 2.45) is 0 Å². The normalized spacial score (nSPS) is 13.0. The molecule has 0 aliphatic rings. The zero-order valence-electron chi connectivity index (χ0n) is 10.2. The Bertz CT molecular complexity index is 227. The molecule has 1 amide bonds. The molecule has 0 aliphatic heterocycles. The number of carbonyl (C=O) groups is 2. The maximum Gasteiger partial charge on any atom is 0.233 e. The van der Waals surface area contributed by atoms with E-state index in [1.807, 2.05) is 27.7 Å². The van der Waals surface area contributed by atoms with Crippen LogP contribution in [0.5, 0.6) is 0 Å². The van der Waals surface area contributed by atoms with E-state index in [1.165, 1.54) is 6.92 Å². The minimum atomic E-state index is -0.245. The summed E-state index contributed by atoms with van der Waals surface area (Å²) in [4.78, 5) is 22.8. The lowest BCUT2D eigenvalue weighted by Crippen LogP contribution is -2.38. The number of amides is 1. The number of ketones is 1. The third-order valence-electron chi connectivity index (χ3n) is 1.63. The maximum absolute atomic E-state index is 11.7. The average molecular weight is 231 g/mol. The van der Waals surface area contributed by atoms with Gasteiger partial charge in [0.05, 0.1) is 5.25 Å². The second-order valence-electron chi connectivity index (χ2n) is 4.24. The molecule has 0 heterocycles. The Morgan fingerprint density at radius 3 is 2.07 bits per heavy atom. The molecule has 3 nitrogen and oxygen atoms in total. The number of Topliss-reactive ketones (excluding diaryl/α,β-unsaturated/α-hetero) is 1. The van der Waals surface area contributed by atoms with Crippen LogP contribution in [-0.4, -0.2) is 28.2 Å². The molecule has 4 heteroatoms. The van der Waals surface area contributed by atoms with Gasteiger partial charge < -0.3 is 5.32 Å². The third-order valence-corrected chi connectivity index (χ3v) is 2.89. The van der Waals surface area contributed by atoms with Gasteiger partial charge in [0.2, 0.25) is 5.91 Å². The molecule has 0 rings (SSSR count). The summed E-state index contributed by atoms with van der Waals surface area (Å²) < 4.78 is 0. The molecule has 0 aliphatic carbocycles.